The topological polar surface area (TPSA) is 47.0 Å². The Morgan fingerprint density at radius 3 is 2.61 bits per heavy atom. The number of anilines is 1. The van der Waals surface area contributed by atoms with Gasteiger partial charge in [0, 0.05) is 12.2 Å². The van der Waals surface area contributed by atoms with E-state index in [4.69, 9.17) is 9.72 Å². The van der Waals surface area contributed by atoms with E-state index in [1.807, 2.05) is 25.1 Å². The van der Waals surface area contributed by atoms with Crippen LogP contribution in [0.3, 0.4) is 0 Å². The maximum Gasteiger partial charge on any atom is 0.222 e. The van der Waals surface area contributed by atoms with Crippen molar-refractivity contribution in [2.75, 3.05) is 19.0 Å². The lowest BCUT2D eigenvalue weighted by Crippen LogP contribution is -2.04. The average molecular weight is 311 g/mol. The smallest absolute Gasteiger partial charge is 0.222 e. The number of aryl methyl sites for hydroxylation is 2. The van der Waals surface area contributed by atoms with Gasteiger partial charge >= 0.3 is 0 Å². The third-order valence-electron chi connectivity index (χ3n) is 3.76. The third kappa shape index (κ3) is 3.70. The number of methoxy groups -OCH3 is 1. The first-order chi connectivity index (χ1) is 11.0. The van der Waals surface area contributed by atoms with Crippen molar-refractivity contribution in [1.29, 1.82) is 0 Å². The molecule has 2 aromatic rings. The highest BCUT2D eigenvalue weighted by Crippen LogP contribution is 2.32. The van der Waals surface area contributed by atoms with Gasteiger partial charge in [0.25, 0.3) is 0 Å². The molecule has 0 aliphatic heterocycles. The van der Waals surface area contributed by atoms with E-state index in [-0.39, 0.29) is 0 Å². The average Bonchev–Trinajstić information content (AvgIpc) is 2.54. The molecule has 0 atom stereocenters. The second-order valence-electron chi connectivity index (χ2n) is 5.90. The monoisotopic (exact) mass is 311 g/mol. The van der Waals surface area contributed by atoms with Crippen molar-refractivity contribution in [2.24, 2.45) is 0 Å². The predicted molar refractivity (Wildman–Crippen MR) is 96.3 cm³/mol. The van der Waals surface area contributed by atoms with Crippen molar-refractivity contribution in [1.82, 2.24) is 9.97 Å². The van der Waals surface area contributed by atoms with Crippen molar-refractivity contribution in [3.05, 3.63) is 47.8 Å². The lowest BCUT2D eigenvalue weighted by molar-refractivity contribution is 0.397. The van der Waals surface area contributed by atoms with Crippen LogP contribution >= 0.6 is 0 Å². The minimum absolute atomic E-state index is 0.360. The third-order valence-corrected chi connectivity index (χ3v) is 3.76. The maximum atomic E-state index is 5.50. The highest BCUT2D eigenvalue weighted by molar-refractivity contribution is 5.71. The molecule has 1 N–H and O–H groups in total. The van der Waals surface area contributed by atoms with E-state index in [9.17, 15) is 0 Å². The van der Waals surface area contributed by atoms with Gasteiger partial charge in [0.05, 0.1) is 29.7 Å². The van der Waals surface area contributed by atoms with Crippen LogP contribution in [0.1, 0.15) is 36.7 Å². The SMILES string of the molecule is C=CCNc1cc(C)c(-c2ccc(C(C)C)nc2OC)nc1C. The van der Waals surface area contributed by atoms with Gasteiger partial charge < -0.3 is 10.1 Å². The Bertz CT molecular complexity index is 708. The number of hydrogen-bond donors (Lipinski definition) is 1. The fourth-order valence-electron chi connectivity index (χ4n) is 2.45. The number of rotatable bonds is 6. The zero-order chi connectivity index (χ0) is 17.0. The summed E-state index contributed by atoms with van der Waals surface area (Å²) in [5, 5.41) is 3.31. The molecule has 122 valence electrons. The van der Waals surface area contributed by atoms with Crippen LogP contribution in [0.5, 0.6) is 5.88 Å². The second kappa shape index (κ2) is 7.27. The van der Waals surface area contributed by atoms with Gasteiger partial charge in [-0.25, -0.2) is 4.98 Å². The van der Waals surface area contributed by atoms with Gasteiger partial charge in [-0.2, -0.15) is 0 Å². The van der Waals surface area contributed by atoms with Crippen molar-refractivity contribution >= 4 is 5.69 Å². The number of nitrogens with one attached hydrogen (secondary N) is 1. The van der Waals surface area contributed by atoms with E-state index >= 15 is 0 Å². The van der Waals surface area contributed by atoms with Crippen molar-refractivity contribution < 1.29 is 4.74 Å². The summed E-state index contributed by atoms with van der Waals surface area (Å²) in [4.78, 5) is 9.38. The summed E-state index contributed by atoms with van der Waals surface area (Å²) in [6.45, 7) is 12.7. The molecular formula is C19H25N3O. The fraction of sp³-hybridized carbons (Fsp3) is 0.368. The largest absolute Gasteiger partial charge is 0.480 e. The van der Waals surface area contributed by atoms with Gasteiger partial charge in [0.2, 0.25) is 5.88 Å². The highest BCUT2D eigenvalue weighted by atomic mass is 16.5. The van der Waals surface area contributed by atoms with Crippen molar-refractivity contribution in [3.8, 4) is 17.1 Å². The van der Waals surface area contributed by atoms with E-state index in [0.717, 1.165) is 40.4 Å². The molecule has 0 aliphatic carbocycles. The Morgan fingerprint density at radius 2 is 2.00 bits per heavy atom. The Balaban J connectivity index is 2.49. The van der Waals surface area contributed by atoms with Gasteiger partial charge in [-0.05, 0) is 43.5 Å². The first kappa shape index (κ1) is 17.0. The minimum atomic E-state index is 0.360. The molecule has 0 saturated heterocycles. The van der Waals surface area contributed by atoms with Crippen LogP contribution < -0.4 is 10.1 Å². The van der Waals surface area contributed by atoms with Gasteiger partial charge in [-0.1, -0.05) is 19.9 Å². The van der Waals surface area contributed by atoms with Gasteiger partial charge in [-0.3, -0.25) is 4.98 Å². The molecule has 2 heterocycles. The Morgan fingerprint density at radius 1 is 1.26 bits per heavy atom. The van der Waals surface area contributed by atoms with Crippen molar-refractivity contribution in [3.63, 3.8) is 0 Å². The molecule has 0 aromatic carbocycles. The van der Waals surface area contributed by atoms with Crippen LogP contribution in [0, 0.1) is 13.8 Å². The van der Waals surface area contributed by atoms with Crippen LogP contribution in [0.25, 0.3) is 11.3 Å². The molecule has 4 heteroatoms. The number of ether oxygens (including phenoxy) is 1. The fourth-order valence-corrected chi connectivity index (χ4v) is 2.45. The normalized spacial score (nSPS) is 10.7. The lowest BCUT2D eigenvalue weighted by Gasteiger charge is -2.15. The van der Waals surface area contributed by atoms with Gasteiger partial charge in [0.1, 0.15) is 0 Å². The summed E-state index contributed by atoms with van der Waals surface area (Å²) in [5.41, 5.74) is 5.90. The molecule has 0 saturated carbocycles. The Kier molecular flexibility index (Phi) is 5.37. The van der Waals surface area contributed by atoms with Crippen LogP contribution in [0.15, 0.2) is 30.9 Å². The first-order valence-electron chi connectivity index (χ1n) is 7.86. The number of hydrogen-bond acceptors (Lipinski definition) is 4. The molecule has 2 rings (SSSR count). The van der Waals surface area contributed by atoms with Crippen LogP contribution in [0.4, 0.5) is 5.69 Å². The molecule has 0 amide bonds. The zero-order valence-corrected chi connectivity index (χ0v) is 14.6. The standard InChI is InChI=1S/C19H25N3O/c1-7-10-20-17-11-13(4)18(21-14(17)5)15-8-9-16(12(2)3)22-19(15)23-6/h7-9,11-12,20H,1,10H2,2-6H3. The molecule has 0 bridgehead atoms. The molecule has 0 aliphatic rings. The first-order valence-corrected chi connectivity index (χ1v) is 7.86. The summed E-state index contributed by atoms with van der Waals surface area (Å²) in [6.07, 6.45) is 1.83. The van der Waals surface area contributed by atoms with E-state index in [2.05, 4.69) is 43.7 Å². The molecule has 2 aromatic heterocycles. The van der Waals surface area contributed by atoms with E-state index in [0.29, 0.717) is 11.8 Å². The van der Waals surface area contributed by atoms with Gasteiger partial charge in [0.15, 0.2) is 0 Å². The summed E-state index contributed by atoms with van der Waals surface area (Å²) < 4.78 is 5.50. The summed E-state index contributed by atoms with van der Waals surface area (Å²) in [6, 6.07) is 6.20. The summed E-state index contributed by atoms with van der Waals surface area (Å²) in [7, 11) is 1.65. The van der Waals surface area contributed by atoms with Crippen LogP contribution in [-0.2, 0) is 0 Å². The lowest BCUT2D eigenvalue weighted by atomic mass is 10.0. The molecule has 0 spiro atoms. The molecule has 23 heavy (non-hydrogen) atoms. The van der Waals surface area contributed by atoms with E-state index in [1.165, 1.54) is 0 Å². The second-order valence-corrected chi connectivity index (χ2v) is 5.90. The summed E-state index contributed by atoms with van der Waals surface area (Å²) >= 11 is 0. The molecule has 0 radical (unpaired) electrons. The maximum absolute atomic E-state index is 5.50. The summed E-state index contributed by atoms with van der Waals surface area (Å²) in [5.74, 6) is 0.984. The molecule has 0 unspecified atom stereocenters. The van der Waals surface area contributed by atoms with Crippen molar-refractivity contribution in [2.45, 2.75) is 33.6 Å². The van der Waals surface area contributed by atoms with Crippen LogP contribution in [0.2, 0.25) is 0 Å². The zero-order valence-electron chi connectivity index (χ0n) is 14.6. The quantitative estimate of drug-likeness (QED) is 0.798. The van der Waals surface area contributed by atoms with E-state index < -0.39 is 0 Å². The Hall–Kier alpha value is -2.36. The number of nitrogens with zero attached hydrogens (tertiary/aromatic N) is 2. The number of aromatic nitrogens is 2. The van der Waals surface area contributed by atoms with E-state index in [1.54, 1.807) is 7.11 Å². The Labute approximate surface area is 138 Å². The number of pyridine rings is 2. The molecule has 0 fully saturated rings. The molecule has 4 nitrogen and oxygen atoms in total. The predicted octanol–water partition coefficient (Wildman–Crippen LogP) is 4.49. The van der Waals surface area contributed by atoms with Gasteiger partial charge in [-0.15, -0.1) is 6.58 Å². The highest BCUT2D eigenvalue weighted by Gasteiger charge is 2.15. The van der Waals surface area contributed by atoms with Crippen LogP contribution in [-0.4, -0.2) is 23.6 Å². The minimum Gasteiger partial charge on any atom is -0.480 e. The molecular weight excluding hydrogens is 286 g/mol.